The third-order valence-electron chi connectivity index (χ3n) is 0.402. The standard InChI is InChI=1S/C5H9/c1-3-5-4-2/h3,5H,1,4H2,2H3/b5-3-. The molecular weight excluding hydrogens is 60.1 g/mol. The van der Waals surface area contributed by atoms with E-state index < -0.39 is 0 Å². The van der Waals surface area contributed by atoms with Crippen LogP contribution in [0.2, 0.25) is 0 Å². The Balaban J connectivity index is 2.62. The lowest BCUT2D eigenvalue weighted by Crippen LogP contribution is -1.44. The number of rotatable bonds is 1. The minimum Gasteiger partial charge on any atom is -0.0888 e. The first-order chi connectivity index (χ1) is 2.41. The van der Waals surface area contributed by atoms with Gasteiger partial charge in [0.25, 0.3) is 0 Å². The third kappa shape index (κ3) is 3.74. The minimum atomic E-state index is 1.10. The van der Waals surface area contributed by atoms with E-state index in [0.29, 0.717) is 0 Å². The first kappa shape index (κ1) is 4.74. The number of allylic oxidation sites excluding steroid dienone is 2. The minimum absolute atomic E-state index is 1.10. The van der Waals surface area contributed by atoms with Crippen LogP contribution < -0.4 is 0 Å². The molecule has 29 valence electrons. The lowest BCUT2D eigenvalue weighted by molar-refractivity contribution is 1.22. The summed E-state index contributed by atoms with van der Waals surface area (Å²) in [5.74, 6) is 0. The highest BCUT2D eigenvalue weighted by molar-refractivity contribution is 4.81. The van der Waals surface area contributed by atoms with E-state index in [1.807, 2.05) is 6.08 Å². The summed E-state index contributed by atoms with van der Waals surface area (Å²) >= 11 is 0. The van der Waals surface area contributed by atoms with E-state index in [-0.39, 0.29) is 0 Å². The van der Waals surface area contributed by atoms with E-state index in [4.69, 9.17) is 0 Å². The molecule has 0 heterocycles. The van der Waals surface area contributed by atoms with E-state index in [1.165, 1.54) is 0 Å². The SMILES string of the molecule is [CH2]/C=C\CC. The molecule has 0 atom stereocenters. The fraction of sp³-hybridized carbons (Fsp3) is 0.400. The molecule has 0 unspecified atom stereocenters. The van der Waals surface area contributed by atoms with E-state index in [2.05, 4.69) is 13.8 Å². The zero-order chi connectivity index (χ0) is 4.12. The van der Waals surface area contributed by atoms with Crippen molar-refractivity contribution in [2.75, 3.05) is 0 Å². The highest BCUT2D eigenvalue weighted by Gasteiger charge is 1.52. The van der Waals surface area contributed by atoms with Crippen LogP contribution in [0.5, 0.6) is 0 Å². The molecule has 0 saturated heterocycles. The van der Waals surface area contributed by atoms with Gasteiger partial charge in [0, 0.05) is 0 Å². The lowest BCUT2D eigenvalue weighted by atomic mass is 10.4. The molecule has 0 bridgehead atoms. The maximum Gasteiger partial charge on any atom is -0.0316 e. The summed E-state index contributed by atoms with van der Waals surface area (Å²) in [7, 11) is 0. The second kappa shape index (κ2) is 3.74. The summed E-state index contributed by atoms with van der Waals surface area (Å²) in [6.07, 6.45) is 4.92. The van der Waals surface area contributed by atoms with E-state index in [0.717, 1.165) is 6.42 Å². The largest absolute Gasteiger partial charge is 0.0888 e. The highest BCUT2D eigenvalue weighted by atomic mass is 13.6. The Kier molecular flexibility index (Phi) is 3.55. The summed E-state index contributed by atoms with van der Waals surface area (Å²) in [5, 5.41) is 0. The second-order valence-electron chi connectivity index (χ2n) is 0.880. The van der Waals surface area contributed by atoms with Gasteiger partial charge in [-0.3, -0.25) is 0 Å². The zero-order valence-corrected chi connectivity index (χ0v) is 3.57. The van der Waals surface area contributed by atoms with Gasteiger partial charge < -0.3 is 0 Å². The third-order valence-corrected chi connectivity index (χ3v) is 0.402. The van der Waals surface area contributed by atoms with Crippen LogP contribution in [0.15, 0.2) is 12.2 Å². The smallest absolute Gasteiger partial charge is 0.0316 e. The molecule has 0 aliphatic rings. The van der Waals surface area contributed by atoms with Gasteiger partial charge in [0.05, 0.1) is 0 Å². The number of hydrogen-bond acceptors (Lipinski definition) is 0. The van der Waals surface area contributed by atoms with Crippen molar-refractivity contribution in [3.8, 4) is 0 Å². The van der Waals surface area contributed by atoms with Crippen LogP contribution in [-0.4, -0.2) is 0 Å². The van der Waals surface area contributed by atoms with Crippen molar-refractivity contribution in [1.29, 1.82) is 0 Å². The molecule has 0 aromatic carbocycles. The quantitative estimate of drug-likeness (QED) is 0.440. The van der Waals surface area contributed by atoms with Crippen LogP contribution in [0.4, 0.5) is 0 Å². The van der Waals surface area contributed by atoms with Gasteiger partial charge in [-0.15, -0.1) is 0 Å². The Bertz CT molecular complexity index is 27.0. The molecule has 0 N–H and O–H groups in total. The van der Waals surface area contributed by atoms with Crippen LogP contribution in [0, 0.1) is 6.92 Å². The average molecular weight is 69.1 g/mol. The number of hydrogen-bond donors (Lipinski definition) is 0. The predicted octanol–water partition coefficient (Wildman–Crippen LogP) is 1.79. The second-order valence-corrected chi connectivity index (χ2v) is 0.880. The van der Waals surface area contributed by atoms with Crippen LogP contribution >= 0.6 is 0 Å². The molecule has 5 heavy (non-hydrogen) atoms. The summed E-state index contributed by atoms with van der Waals surface area (Å²) in [4.78, 5) is 0. The fourth-order valence-electron chi connectivity index (χ4n) is 0.167. The van der Waals surface area contributed by atoms with Crippen LogP contribution in [0.3, 0.4) is 0 Å². The van der Waals surface area contributed by atoms with Crippen molar-refractivity contribution in [3.63, 3.8) is 0 Å². The molecule has 0 rings (SSSR count). The highest BCUT2D eigenvalue weighted by Crippen LogP contribution is 1.73. The Morgan fingerprint density at radius 1 is 1.80 bits per heavy atom. The van der Waals surface area contributed by atoms with Crippen molar-refractivity contribution in [2.24, 2.45) is 0 Å². The van der Waals surface area contributed by atoms with Crippen LogP contribution in [0.1, 0.15) is 13.3 Å². The summed E-state index contributed by atoms with van der Waals surface area (Å²) < 4.78 is 0. The molecule has 1 radical (unpaired) electrons. The Labute approximate surface area is 33.5 Å². The molecule has 0 spiro atoms. The van der Waals surface area contributed by atoms with Crippen molar-refractivity contribution in [2.45, 2.75) is 13.3 Å². The van der Waals surface area contributed by atoms with Gasteiger partial charge in [-0.25, -0.2) is 0 Å². The van der Waals surface area contributed by atoms with Gasteiger partial charge in [-0.2, -0.15) is 0 Å². The zero-order valence-electron chi connectivity index (χ0n) is 3.57. The maximum atomic E-state index is 3.49. The molecule has 0 fully saturated rings. The van der Waals surface area contributed by atoms with E-state index >= 15 is 0 Å². The molecule has 0 heteroatoms. The van der Waals surface area contributed by atoms with Crippen molar-refractivity contribution in [3.05, 3.63) is 19.1 Å². The Morgan fingerprint density at radius 3 is 2.40 bits per heavy atom. The van der Waals surface area contributed by atoms with Gasteiger partial charge in [0.2, 0.25) is 0 Å². The topological polar surface area (TPSA) is 0 Å². The lowest BCUT2D eigenvalue weighted by Gasteiger charge is -1.65. The van der Waals surface area contributed by atoms with Gasteiger partial charge in [-0.1, -0.05) is 19.1 Å². The Morgan fingerprint density at radius 2 is 2.40 bits per heavy atom. The van der Waals surface area contributed by atoms with Gasteiger partial charge in [0.1, 0.15) is 0 Å². The summed E-state index contributed by atoms with van der Waals surface area (Å²) in [6, 6.07) is 0. The molecular formula is C5H9. The van der Waals surface area contributed by atoms with Gasteiger partial charge in [-0.05, 0) is 13.3 Å². The molecule has 0 aromatic rings. The van der Waals surface area contributed by atoms with E-state index in [9.17, 15) is 0 Å². The summed E-state index contributed by atoms with van der Waals surface area (Å²) in [5.41, 5.74) is 0. The maximum absolute atomic E-state index is 3.49. The molecule has 0 nitrogen and oxygen atoms in total. The monoisotopic (exact) mass is 69.1 g/mol. The van der Waals surface area contributed by atoms with Crippen LogP contribution in [-0.2, 0) is 0 Å². The van der Waals surface area contributed by atoms with Crippen LogP contribution in [0.25, 0.3) is 0 Å². The average Bonchev–Trinajstić information content (AvgIpc) is 1.41. The molecule has 0 amide bonds. The molecule has 0 saturated carbocycles. The first-order valence-electron chi connectivity index (χ1n) is 1.86. The van der Waals surface area contributed by atoms with Gasteiger partial charge >= 0.3 is 0 Å². The first-order valence-corrected chi connectivity index (χ1v) is 1.86. The summed E-state index contributed by atoms with van der Waals surface area (Å²) in [6.45, 7) is 5.58. The Hall–Kier alpha value is -0.260. The van der Waals surface area contributed by atoms with Crippen molar-refractivity contribution >= 4 is 0 Å². The predicted molar refractivity (Wildman–Crippen MR) is 24.8 cm³/mol. The van der Waals surface area contributed by atoms with Gasteiger partial charge in [0.15, 0.2) is 0 Å². The normalized spacial score (nSPS) is 10.0. The molecule has 0 aliphatic heterocycles. The van der Waals surface area contributed by atoms with E-state index in [1.54, 1.807) is 6.08 Å². The fourth-order valence-corrected chi connectivity index (χ4v) is 0.167. The molecule has 0 aliphatic carbocycles. The van der Waals surface area contributed by atoms with Crippen molar-refractivity contribution < 1.29 is 0 Å². The molecule has 0 aromatic heterocycles. The van der Waals surface area contributed by atoms with Crippen molar-refractivity contribution in [1.82, 2.24) is 0 Å².